The van der Waals surface area contributed by atoms with E-state index in [-0.39, 0.29) is 10.8 Å². The predicted octanol–water partition coefficient (Wildman–Crippen LogP) is 9.24. The molecule has 5 rings (SSSR count). The van der Waals surface area contributed by atoms with Gasteiger partial charge in [-0.2, -0.15) is 0 Å². The van der Waals surface area contributed by atoms with Crippen molar-refractivity contribution in [3.05, 3.63) is 144 Å². The van der Waals surface area contributed by atoms with Gasteiger partial charge < -0.3 is 5.32 Å². The summed E-state index contributed by atoms with van der Waals surface area (Å²) in [5.41, 5.74) is 7.41. The monoisotopic (exact) mass is 455 g/mol. The van der Waals surface area contributed by atoms with E-state index >= 15 is 0 Å². The summed E-state index contributed by atoms with van der Waals surface area (Å²) in [6.45, 7) is 9.15. The Bertz CT molecular complexity index is 1430. The molecule has 0 atom stereocenters. The molecule has 0 heterocycles. The standard InChI is InChI=1S/C34H33N/c1-33(2,27-11-7-5-8-12-27)29-18-21-31(22-19-29)35-32-20-16-25-23-30(17-15-26(25)24-32)34(3,4)28-13-9-6-10-14-28/h5-24,35H,1-4H3. The van der Waals surface area contributed by atoms with Gasteiger partial charge in [0, 0.05) is 22.2 Å². The Hall–Kier alpha value is -3.84. The van der Waals surface area contributed by atoms with Crippen molar-refractivity contribution in [3.63, 3.8) is 0 Å². The summed E-state index contributed by atoms with van der Waals surface area (Å²) >= 11 is 0. The third kappa shape index (κ3) is 4.59. The fraction of sp³-hybridized carbons (Fsp3) is 0.176. The average molecular weight is 456 g/mol. The molecule has 0 amide bonds. The van der Waals surface area contributed by atoms with Gasteiger partial charge in [-0.1, -0.05) is 125 Å². The van der Waals surface area contributed by atoms with Gasteiger partial charge in [0.15, 0.2) is 0 Å². The van der Waals surface area contributed by atoms with Crippen molar-refractivity contribution in [1.82, 2.24) is 0 Å². The summed E-state index contributed by atoms with van der Waals surface area (Å²) in [5.74, 6) is 0. The van der Waals surface area contributed by atoms with E-state index in [9.17, 15) is 0 Å². The first-order valence-corrected chi connectivity index (χ1v) is 12.4. The van der Waals surface area contributed by atoms with E-state index in [1.165, 1.54) is 33.0 Å². The molecular formula is C34H33N. The molecule has 35 heavy (non-hydrogen) atoms. The predicted molar refractivity (Wildman–Crippen MR) is 151 cm³/mol. The Balaban J connectivity index is 1.36. The molecule has 1 heteroatoms. The zero-order valence-electron chi connectivity index (χ0n) is 21.0. The van der Waals surface area contributed by atoms with Gasteiger partial charge >= 0.3 is 0 Å². The van der Waals surface area contributed by atoms with Gasteiger partial charge in [0.1, 0.15) is 0 Å². The van der Waals surface area contributed by atoms with Crippen LogP contribution in [0.25, 0.3) is 10.8 Å². The summed E-state index contributed by atoms with van der Waals surface area (Å²) in [5, 5.41) is 6.09. The molecule has 1 nitrogen and oxygen atoms in total. The second kappa shape index (κ2) is 9.07. The maximum atomic E-state index is 3.59. The van der Waals surface area contributed by atoms with Crippen molar-refractivity contribution in [1.29, 1.82) is 0 Å². The van der Waals surface area contributed by atoms with Gasteiger partial charge in [0.2, 0.25) is 0 Å². The largest absolute Gasteiger partial charge is 0.356 e. The lowest BCUT2D eigenvalue weighted by molar-refractivity contribution is 0.641. The molecule has 0 saturated heterocycles. The minimum absolute atomic E-state index is 0.0338. The van der Waals surface area contributed by atoms with Gasteiger partial charge in [-0.25, -0.2) is 0 Å². The van der Waals surface area contributed by atoms with Crippen molar-refractivity contribution in [2.24, 2.45) is 0 Å². The van der Waals surface area contributed by atoms with Crippen molar-refractivity contribution in [2.75, 3.05) is 5.32 Å². The molecule has 1 N–H and O–H groups in total. The highest BCUT2D eigenvalue weighted by atomic mass is 14.9. The molecule has 0 unspecified atom stereocenters. The maximum Gasteiger partial charge on any atom is 0.0390 e. The minimum atomic E-state index is -0.0400. The highest BCUT2D eigenvalue weighted by molar-refractivity contribution is 5.87. The molecule has 5 aromatic carbocycles. The van der Waals surface area contributed by atoms with Crippen LogP contribution in [0.2, 0.25) is 0 Å². The third-order valence-corrected chi connectivity index (χ3v) is 7.45. The highest BCUT2D eigenvalue weighted by Gasteiger charge is 2.23. The first kappa shape index (κ1) is 22.9. The number of anilines is 2. The van der Waals surface area contributed by atoms with E-state index in [1.807, 2.05) is 0 Å². The molecule has 0 aliphatic carbocycles. The lowest BCUT2D eigenvalue weighted by atomic mass is 9.77. The van der Waals surface area contributed by atoms with Crippen LogP contribution in [0, 0.1) is 0 Å². The van der Waals surface area contributed by atoms with Gasteiger partial charge in [-0.05, 0) is 57.3 Å². The number of fused-ring (bicyclic) bond motifs is 1. The Kier molecular flexibility index (Phi) is 5.94. The molecule has 0 aliphatic rings. The van der Waals surface area contributed by atoms with E-state index in [0.717, 1.165) is 11.4 Å². The number of nitrogens with one attached hydrogen (secondary N) is 1. The molecule has 0 bridgehead atoms. The fourth-order valence-electron chi connectivity index (χ4n) is 4.89. The minimum Gasteiger partial charge on any atom is -0.356 e. The van der Waals surface area contributed by atoms with Gasteiger partial charge in [0.25, 0.3) is 0 Å². The van der Waals surface area contributed by atoms with Crippen LogP contribution in [-0.2, 0) is 10.8 Å². The first-order chi connectivity index (χ1) is 16.8. The molecular weight excluding hydrogens is 422 g/mol. The van der Waals surface area contributed by atoms with E-state index in [0.29, 0.717) is 0 Å². The van der Waals surface area contributed by atoms with E-state index in [4.69, 9.17) is 0 Å². The number of hydrogen-bond donors (Lipinski definition) is 1. The lowest BCUT2D eigenvalue weighted by Gasteiger charge is -2.26. The molecule has 0 aliphatic heterocycles. The van der Waals surface area contributed by atoms with Crippen LogP contribution in [0.4, 0.5) is 11.4 Å². The summed E-state index contributed by atoms with van der Waals surface area (Å²) < 4.78 is 0. The van der Waals surface area contributed by atoms with Crippen LogP contribution in [0.1, 0.15) is 49.9 Å². The highest BCUT2D eigenvalue weighted by Crippen LogP contribution is 2.35. The van der Waals surface area contributed by atoms with Gasteiger partial charge in [0.05, 0.1) is 0 Å². The molecule has 0 aromatic heterocycles. The number of benzene rings is 5. The smallest absolute Gasteiger partial charge is 0.0390 e. The number of rotatable bonds is 6. The Labute approximate surface area is 209 Å². The van der Waals surface area contributed by atoms with Gasteiger partial charge in [-0.3, -0.25) is 0 Å². The average Bonchev–Trinajstić information content (AvgIpc) is 2.89. The topological polar surface area (TPSA) is 12.0 Å². The van der Waals surface area contributed by atoms with Crippen molar-refractivity contribution >= 4 is 22.1 Å². The first-order valence-electron chi connectivity index (χ1n) is 12.4. The molecule has 5 aromatic rings. The molecule has 174 valence electrons. The normalized spacial score (nSPS) is 12.0. The molecule has 0 fully saturated rings. The van der Waals surface area contributed by atoms with Crippen LogP contribution >= 0.6 is 0 Å². The quantitative estimate of drug-likeness (QED) is 0.269. The van der Waals surface area contributed by atoms with E-state index in [1.54, 1.807) is 0 Å². The zero-order valence-corrected chi connectivity index (χ0v) is 21.0. The second-order valence-electron chi connectivity index (χ2n) is 10.5. The van der Waals surface area contributed by atoms with E-state index < -0.39 is 0 Å². The van der Waals surface area contributed by atoms with E-state index in [2.05, 4.69) is 154 Å². The maximum absolute atomic E-state index is 3.59. The lowest BCUT2D eigenvalue weighted by Crippen LogP contribution is -2.18. The SMILES string of the molecule is CC(C)(c1ccccc1)c1ccc(Nc2ccc3cc(C(C)(C)c4ccccc4)ccc3c2)cc1. The number of hydrogen-bond acceptors (Lipinski definition) is 1. The summed E-state index contributed by atoms with van der Waals surface area (Å²) in [7, 11) is 0. The van der Waals surface area contributed by atoms with Gasteiger partial charge in [-0.15, -0.1) is 0 Å². The van der Waals surface area contributed by atoms with Crippen LogP contribution in [0.3, 0.4) is 0 Å². The van der Waals surface area contributed by atoms with Crippen molar-refractivity contribution in [2.45, 2.75) is 38.5 Å². The van der Waals surface area contributed by atoms with Crippen molar-refractivity contribution < 1.29 is 0 Å². The van der Waals surface area contributed by atoms with Crippen LogP contribution < -0.4 is 5.32 Å². The third-order valence-electron chi connectivity index (χ3n) is 7.45. The molecule has 0 spiro atoms. The molecule has 0 saturated carbocycles. The molecule has 0 radical (unpaired) electrons. The fourth-order valence-corrected chi connectivity index (χ4v) is 4.89. The second-order valence-corrected chi connectivity index (χ2v) is 10.5. The summed E-state index contributed by atoms with van der Waals surface area (Å²) in [4.78, 5) is 0. The Morgan fingerprint density at radius 3 is 1.43 bits per heavy atom. The summed E-state index contributed by atoms with van der Waals surface area (Å²) in [6, 6.07) is 43.7. The summed E-state index contributed by atoms with van der Waals surface area (Å²) in [6.07, 6.45) is 0. The Morgan fingerprint density at radius 1 is 0.400 bits per heavy atom. The van der Waals surface area contributed by atoms with Crippen LogP contribution in [-0.4, -0.2) is 0 Å². The van der Waals surface area contributed by atoms with Crippen LogP contribution in [0.15, 0.2) is 121 Å². The van der Waals surface area contributed by atoms with Crippen molar-refractivity contribution in [3.8, 4) is 0 Å². The van der Waals surface area contributed by atoms with Crippen LogP contribution in [0.5, 0.6) is 0 Å². The zero-order chi connectivity index (χ0) is 24.5. The Morgan fingerprint density at radius 2 is 0.829 bits per heavy atom.